The second-order valence-electron chi connectivity index (χ2n) is 4.58. The first-order valence-corrected chi connectivity index (χ1v) is 5.89. The SMILES string of the molecule is Cc1cccc(C(=O)N2CCN(C)C(=O)C2)c1N. The number of likely N-dealkylation sites (N-methyl/N-ethyl adjacent to an activating group) is 1. The number of aryl methyl sites for hydroxylation is 1. The van der Waals surface area contributed by atoms with E-state index in [1.165, 1.54) is 0 Å². The van der Waals surface area contributed by atoms with Gasteiger partial charge in [0.25, 0.3) is 5.91 Å². The lowest BCUT2D eigenvalue weighted by molar-refractivity contribution is -0.133. The maximum atomic E-state index is 12.3. The van der Waals surface area contributed by atoms with Crippen LogP contribution in [0.1, 0.15) is 15.9 Å². The standard InChI is InChI=1S/C13H17N3O2/c1-9-4-3-5-10(12(9)14)13(18)16-7-6-15(2)11(17)8-16/h3-5H,6-8,14H2,1-2H3. The van der Waals surface area contributed by atoms with Crippen molar-refractivity contribution in [2.24, 2.45) is 0 Å². The number of nitrogens with two attached hydrogens (primary N) is 1. The molecule has 96 valence electrons. The van der Waals surface area contributed by atoms with E-state index in [4.69, 9.17) is 5.73 Å². The van der Waals surface area contributed by atoms with E-state index >= 15 is 0 Å². The monoisotopic (exact) mass is 247 g/mol. The highest BCUT2D eigenvalue weighted by atomic mass is 16.2. The van der Waals surface area contributed by atoms with Crippen LogP contribution in [0.3, 0.4) is 0 Å². The van der Waals surface area contributed by atoms with Crippen molar-refractivity contribution < 1.29 is 9.59 Å². The van der Waals surface area contributed by atoms with Gasteiger partial charge in [0, 0.05) is 25.8 Å². The van der Waals surface area contributed by atoms with Crippen LogP contribution in [0.5, 0.6) is 0 Å². The van der Waals surface area contributed by atoms with Crippen LogP contribution >= 0.6 is 0 Å². The second-order valence-corrected chi connectivity index (χ2v) is 4.58. The van der Waals surface area contributed by atoms with E-state index in [1.54, 1.807) is 29.0 Å². The number of piperazine rings is 1. The highest BCUT2D eigenvalue weighted by Gasteiger charge is 2.26. The molecule has 1 saturated heterocycles. The summed E-state index contributed by atoms with van der Waals surface area (Å²) in [5, 5.41) is 0. The molecule has 5 nitrogen and oxygen atoms in total. The van der Waals surface area contributed by atoms with E-state index in [0.29, 0.717) is 24.3 Å². The molecule has 0 radical (unpaired) electrons. The van der Waals surface area contributed by atoms with Crippen molar-refractivity contribution in [3.63, 3.8) is 0 Å². The Bertz CT molecular complexity index is 499. The van der Waals surface area contributed by atoms with Gasteiger partial charge in [-0.2, -0.15) is 0 Å². The zero-order valence-electron chi connectivity index (χ0n) is 10.6. The van der Waals surface area contributed by atoms with Gasteiger partial charge in [0.1, 0.15) is 6.54 Å². The molecule has 0 aromatic heterocycles. The molecular weight excluding hydrogens is 230 g/mol. The van der Waals surface area contributed by atoms with E-state index in [1.807, 2.05) is 13.0 Å². The van der Waals surface area contributed by atoms with Crippen LogP contribution in [0.25, 0.3) is 0 Å². The number of nitrogen functional groups attached to an aromatic ring is 1. The van der Waals surface area contributed by atoms with Gasteiger partial charge < -0.3 is 15.5 Å². The Labute approximate surface area is 106 Å². The summed E-state index contributed by atoms with van der Waals surface area (Å²) in [6.07, 6.45) is 0. The number of rotatable bonds is 1. The third kappa shape index (κ3) is 2.16. The molecule has 0 aliphatic carbocycles. The van der Waals surface area contributed by atoms with Gasteiger partial charge in [-0.05, 0) is 18.6 Å². The smallest absolute Gasteiger partial charge is 0.256 e. The Hall–Kier alpha value is -2.04. The minimum Gasteiger partial charge on any atom is -0.398 e. The Morgan fingerprint density at radius 2 is 2.06 bits per heavy atom. The average Bonchev–Trinajstić information content (AvgIpc) is 2.35. The highest BCUT2D eigenvalue weighted by molar-refractivity contribution is 6.01. The predicted molar refractivity (Wildman–Crippen MR) is 69.1 cm³/mol. The molecule has 5 heteroatoms. The van der Waals surface area contributed by atoms with Crippen LogP contribution in [-0.2, 0) is 4.79 Å². The van der Waals surface area contributed by atoms with Crippen LogP contribution in [-0.4, -0.2) is 48.3 Å². The molecule has 1 aromatic rings. The summed E-state index contributed by atoms with van der Waals surface area (Å²) in [5.74, 6) is -0.210. The van der Waals surface area contributed by atoms with Gasteiger partial charge in [-0.3, -0.25) is 9.59 Å². The highest BCUT2D eigenvalue weighted by Crippen LogP contribution is 2.19. The minimum absolute atomic E-state index is 0.0409. The molecule has 2 N–H and O–H groups in total. The van der Waals surface area contributed by atoms with Crippen molar-refractivity contribution in [2.75, 3.05) is 32.4 Å². The molecule has 0 atom stereocenters. The molecule has 0 bridgehead atoms. The van der Waals surface area contributed by atoms with Crippen molar-refractivity contribution in [3.8, 4) is 0 Å². The Morgan fingerprint density at radius 1 is 1.33 bits per heavy atom. The van der Waals surface area contributed by atoms with Crippen molar-refractivity contribution in [2.45, 2.75) is 6.92 Å². The number of benzene rings is 1. The molecule has 2 amide bonds. The van der Waals surface area contributed by atoms with Crippen LogP contribution in [0, 0.1) is 6.92 Å². The fraction of sp³-hybridized carbons (Fsp3) is 0.385. The molecule has 0 spiro atoms. The van der Waals surface area contributed by atoms with Gasteiger partial charge in [0.05, 0.1) is 5.56 Å². The summed E-state index contributed by atoms with van der Waals surface area (Å²) >= 11 is 0. The number of carbonyl (C=O) groups excluding carboxylic acids is 2. The summed E-state index contributed by atoms with van der Waals surface area (Å²) < 4.78 is 0. The molecule has 1 aromatic carbocycles. The van der Waals surface area contributed by atoms with E-state index in [2.05, 4.69) is 0 Å². The Kier molecular flexibility index (Phi) is 3.23. The van der Waals surface area contributed by atoms with Gasteiger partial charge in [0.15, 0.2) is 0 Å². The zero-order chi connectivity index (χ0) is 13.3. The molecule has 1 heterocycles. The summed E-state index contributed by atoms with van der Waals surface area (Å²) in [7, 11) is 1.74. The lowest BCUT2D eigenvalue weighted by atomic mass is 10.1. The molecule has 1 fully saturated rings. The fourth-order valence-corrected chi connectivity index (χ4v) is 1.97. The van der Waals surface area contributed by atoms with Crippen molar-refractivity contribution in [1.29, 1.82) is 0 Å². The summed E-state index contributed by atoms with van der Waals surface area (Å²) in [6, 6.07) is 5.37. The van der Waals surface area contributed by atoms with Crippen LogP contribution in [0.2, 0.25) is 0 Å². The summed E-state index contributed by atoms with van der Waals surface area (Å²) in [4.78, 5) is 27.1. The number of carbonyl (C=O) groups is 2. The third-order valence-corrected chi connectivity index (χ3v) is 3.30. The first-order valence-electron chi connectivity index (χ1n) is 5.89. The number of para-hydroxylation sites is 1. The molecular formula is C13H17N3O2. The van der Waals surface area contributed by atoms with Gasteiger partial charge in [0.2, 0.25) is 5.91 Å². The maximum Gasteiger partial charge on any atom is 0.256 e. The number of nitrogens with zero attached hydrogens (tertiary/aromatic N) is 2. The van der Waals surface area contributed by atoms with Crippen molar-refractivity contribution >= 4 is 17.5 Å². The van der Waals surface area contributed by atoms with Crippen LogP contribution in [0.15, 0.2) is 18.2 Å². The largest absolute Gasteiger partial charge is 0.398 e. The van der Waals surface area contributed by atoms with Crippen molar-refractivity contribution in [1.82, 2.24) is 9.80 Å². The van der Waals surface area contributed by atoms with E-state index in [0.717, 1.165) is 5.56 Å². The van der Waals surface area contributed by atoms with Crippen molar-refractivity contribution in [3.05, 3.63) is 29.3 Å². The average molecular weight is 247 g/mol. The normalized spacial score (nSPS) is 16.0. The maximum absolute atomic E-state index is 12.3. The fourth-order valence-electron chi connectivity index (χ4n) is 1.97. The zero-order valence-corrected chi connectivity index (χ0v) is 10.6. The molecule has 0 saturated carbocycles. The quantitative estimate of drug-likeness (QED) is 0.734. The lowest BCUT2D eigenvalue weighted by Crippen LogP contribution is -2.50. The van der Waals surface area contributed by atoms with Gasteiger partial charge in [-0.1, -0.05) is 12.1 Å². The minimum atomic E-state index is -0.169. The van der Waals surface area contributed by atoms with Gasteiger partial charge in [-0.25, -0.2) is 0 Å². The molecule has 2 rings (SSSR count). The van der Waals surface area contributed by atoms with Crippen LogP contribution in [0.4, 0.5) is 5.69 Å². The van der Waals surface area contributed by atoms with Gasteiger partial charge in [-0.15, -0.1) is 0 Å². The van der Waals surface area contributed by atoms with Gasteiger partial charge >= 0.3 is 0 Å². The molecule has 18 heavy (non-hydrogen) atoms. The summed E-state index contributed by atoms with van der Waals surface area (Å²) in [5.41, 5.74) is 7.76. The first kappa shape index (κ1) is 12.4. The first-order chi connectivity index (χ1) is 8.50. The topological polar surface area (TPSA) is 66.6 Å². The molecule has 1 aliphatic rings. The number of hydrogen-bond acceptors (Lipinski definition) is 3. The Morgan fingerprint density at radius 3 is 2.72 bits per heavy atom. The molecule has 0 unspecified atom stereocenters. The van der Waals surface area contributed by atoms with Crippen LogP contribution < -0.4 is 5.73 Å². The predicted octanol–water partition coefficient (Wildman–Crippen LogP) is 0.491. The summed E-state index contributed by atoms with van der Waals surface area (Å²) in [6.45, 7) is 3.11. The number of anilines is 1. The molecule has 1 aliphatic heterocycles. The number of hydrogen-bond donors (Lipinski definition) is 1. The van der Waals surface area contributed by atoms with E-state index in [9.17, 15) is 9.59 Å². The Balaban J connectivity index is 2.22. The second kappa shape index (κ2) is 4.68. The van der Waals surface area contributed by atoms with E-state index in [-0.39, 0.29) is 18.4 Å². The van der Waals surface area contributed by atoms with E-state index < -0.39 is 0 Å². The number of amides is 2. The lowest BCUT2D eigenvalue weighted by Gasteiger charge is -2.32. The third-order valence-electron chi connectivity index (χ3n) is 3.30.